The van der Waals surface area contributed by atoms with Crippen molar-refractivity contribution in [2.75, 3.05) is 13.2 Å². The fourth-order valence-electron chi connectivity index (χ4n) is 3.25. The summed E-state index contributed by atoms with van der Waals surface area (Å²) in [6.45, 7) is 4.04. The van der Waals surface area contributed by atoms with Gasteiger partial charge in [0, 0.05) is 4.47 Å². The molecule has 0 saturated heterocycles. The number of ether oxygens (including phenoxy) is 2. The van der Waals surface area contributed by atoms with E-state index < -0.39 is 17.9 Å². The summed E-state index contributed by atoms with van der Waals surface area (Å²) in [5.41, 5.74) is 0.735. The minimum absolute atomic E-state index is 0.267. The summed E-state index contributed by atoms with van der Waals surface area (Å²) in [5, 5.41) is 0. The Hall–Kier alpha value is -1.36. The summed E-state index contributed by atoms with van der Waals surface area (Å²) >= 11 is 3.42. The van der Waals surface area contributed by atoms with Gasteiger partial charge in [0.05, 0.1) is 13.2 Å². The van der Waals surface area contributed by atoms with Crippen LogP contribution in [-0.4, -0.2) is 25.2 Å². The van der Waals surface area contributed by atoms with Crippen LogP contribution in [0.2, 0.25) is 0 Å². The van der Waals surface area contributed by atoms with Crippen LogP contribution in [0.15, 0.2) is 28.7 Å². The SMILES string of the molecule is CCOC(=O)C(C(=O)OCC)C1(Cc2ccc(Br)cc2)CCC1. The molecule has 1 aliphatic carbocycles. The highest BCUT2D eigenvalue weighted by atomic mass is 79.9. The summed E-state index contributed by atoms with van der Waals surface area (Å²) in [6.07, 6.45) is 3.38. The summed E-state index contributed by atoms with van der Waals surface area (Å²) < 4.78 is 11.3. The lowest BCUT2D eigenvalue weighted by Crippen LogP contribution is -2.48. The molecular formula is C18H23BrO4. The standard InChI is InChI=1S/C18H23BrO4/c1-3-22-16(20)15(17(21)23-4-2)18(10-5-11-18)12-13-6-8-14(19)9-7-13/h6-9,15H,3-5,10-12H2,1-2H3. The number of rotatable bonds is 7. The van der Waals surface area contributed by atoms with Gasteiger partial charge in [0.2, 0.25) is 0 Å². The van der Waals surface area contributed by atoms with Crippen molar-refractivity contribution in [3.05, 3.63) is 34.3 Å². The number of benzene rings is 1. The molecule has 0 N–H and O–H groups in total. The normalized spacial score (nSPS) is 15.8. The summed E-state index contributed by atoms with van der Waals surface area (Å²) in [5.74, 6) is -1.75. The van der Waals surface area contributed by atoms with Crippen LogP contribution in [0.5, 0.6) is 0 Å². The first-order valence-electron chi connectivity index (χ1n) is 8.10. The summed E-state index contributed by atoms with van der Waals surface area (Å²) in [7, 11) is 0. The first kappa shape index (κ1) is 18.0. The number of carbonyl (C=O) groups excluding carboxylic acids is 2. The van der Waals surface area contributed by atoms with Crippen molar-refractivity contribution in [1.29, 1.82) is 0 Å². The molecule has 0 amide bonds. The smallest absolute Gasteiger partial charge is 0.320 e. The number of halogens is 1. The van der Waals surface area contributed by atoms with Gasteiger partial charge in [-0.2, -0.15) is 0 Å². The third kappa shape index (κ3) is 4.14. The van der Waals surface area contributed by atoms with Crippen LogP contribution in [0.1, 0.15) is 38.7 Å². The van der Waals surface area contributed by atoms with Crippen LogP contribution >= 0.6 is 15.9 Å². The molecule has 1 saturated carbocycles. The van der Waals surface area contributed by atoms with E-state index in [4.69, 9.17) is 9.47 Å². The third-order valence-corrected chi connectivity index (χ3v) is 5.00. The Morgan fingerprint density at radius 2 is 1.61 bits per heavy atom. The van der Waals surface area contributed by atoms with Gasteiger partial charge in [-0.15, -0.1) is 0 Å². The molecule has 5 heteroatoms. The van der Waals surface area contributed by atoms with Crippen molar-refractivity contribution in [1.82, 2.24) is 0 Å². The Kier molecular flexibility index (Phi) is 6.22. The van der Waals surface area contributed by atoms with Crippen molar-refractivity contribution in [3.63, 3.8) is 0 Å². The van der Waals surface area contributed by atoms with E-state index in [9.17, 15) is 9.59 Å². The van der Waals surface area contributed by atoms with Crippen LogP contribution in [0.3, 0.4) is 0 Å². The van der Waals surface area contributed by atoms with Gasteiger partial charge in [0.25, 0.3) is 0 Å². The Balaban J connectivity index is 2.26. The molecule has 0 bridgehead atoms. The maximum atomic E-state index is 12.4. The number of hydrogen-bond donors (Lipinski definition) is 0. The molecule has 1 aromatic rings. The monoisotopic (exact) mass is 382 g/mol. The maximum absolute atomic E-state index is 12.4. The minimum atomic E-state index is -0.834. The van der Waals surface area contributed by atoms with Crippen LogP contribution in [0.4, 0.5) is 0 Å². The predicted octanol–water partition coefficient (Wildman–Crippen LogP) is 3.90. The minimum Gasteiger partial charge on any atom is -0.465 e. The molecule has 0 aromatic heterocycles. The highest BCUT2D eigenvalue weighted by Crippen LogP contribution is 2.50. The third-order valence-electron chi connectivity index (χ3n) is 4.48. The molecule has 126 valence electrons. The van der Waals surface area contributed by atoms with Gasteiger partial charge in [0.15, 0.2) is 5.92 Å². The molecule has 0 heterocycles. The molecule has 0 aliphatic heterocycles. The van der Waals surface area contributed by atoms with E-state index in [1.807, 2.05) is 24.3 Å². The number of carbonyl (C=O) groups is 2. The molecule has 1 aromatic carbocycles. The molecule has 23 heavy (non-hydrogen) atoms. The van der Waals surface area contributed by atoms with Gasteiger partial charge in [0.1, 0.15) is 0 Å². The van der Waals surface area contributed by atoms with Crippen LogP contribution < -0.4 is 0 Å². The lowest BCUT2D eigenvalue weighted by atomic mass is 9.58. The molecule has 2 rings (SSSR count). The van der Waals surface area contributed by atoms with Gasteiger partial charge in [-0.05, 0) is 56.2 Å². The zero-order chi connectivity index (χ0) is 16.9. The van der Waals surface area contributed by atoms with Crippen molar-refractivity contribution >= 4 is 27.9 Å². The second-order valence-electron chi connectivity index (χ2n) is 5.96. The van der Waals surface area contributed by atoms with E-state index in [1.165, 1.54) is 0 Å². The highest BCUT2D eigenvalue weighted by molar-refractivity contribution is 9.10. The lowest BCUT2D eigenvalue weighted by Gasteiger charge is -2.45. The molecule has 1 fully saturated rings. The van der Waals surface area contributed by atoms with E-state index in [1.54, 1.807) is 13.8 Å². The van der Waals surface area contributed by atoms with Crippen LogP contribution in [-0.2, 0) is 25.5 Å². The Morgan fingerprint density at radius 3 is 2.00 bits per heavy atom. The lowest BCUT2D eigenvalue weighted by molar-refractivity contribution is -0.172. The van der Waals surface area contributed by atoms with Crippen molar-refractivity contribution in [2.45, 2.75) is 39.5 Å². The van der Waals surface area contributed by atoms with Crippen molar-refractivity contribution in [2.24, 2.45) is 11.3 Å². The van der Waals surface area contributed by atoms with Crippen molar-refractivity contribution in [3.8, 4) is 0 Å². The largest absolute Gasteiger partial charge is 0.465 e. The first-order valence-corrected chi connectivity index (χ1v) is 8.89. The quantitative estimate of drug-likeness (QED) is 0.529. The average molecular weight is 383 g/mol. The van der Waals surface area contributed by atoms with Gasteiger partial charge < -0.3 is 9.47 Å². The second kappa shape index (κ2) is 7.95. The molecule has 0 spiro atoms. The summed E-state index contributed by atoms with van der Waals surface area (Å²) in [6, 6.07) is 8.01. The van der Waals surface area contributed by atoms with Crippen LogP contribution in [0.25, 0.3) is 0 Å². The van der Waals surface area contributed by atoms with E-state index in [2.05, 4.69) is 15.9 Å². The van der Waals surface area contributed by atoms with Crippen molar-refractivity contribution < 1.29 is 19.1 Å². The number of hydrogen-bond acceptors (Lipinski definition) is 4. The first-order chi connectivity index (χ1) is 11.0. The fourth-order valence-corrected chi connectivity index (χ4v) is 3.52. The van der Waals surface area contributed by atoms with Gasteiger partial charge >= 0.3 is 11.9 Å². The Labute approximate surface area is 145 Å². The maximum Gasteiger partial charge on any atom is 0.320 e. The van der Waals surface area contributed by atoms with Gasteiger partial charge in [-0.3, -0.25) is 9.59 Å². The highest BCUT2D eigenvalue weighted by Gasteiger charge is 2.52. The second-order valence-corrected chi connectivity index (χ2v) is 6.87. The molecule has 0 unspecified atom stereocenters. The van der Waals surface area contributed by atoms with Gasteiger partial charge in [-0.25, -0.2) is 0 Å². The average Bonchev–Trinajstić information content (AvgIpc) is 2.47. The molecule has 1 aliphatic rings. The van der Waals surface area contributed by atoms with E-state index in [-0.39, 0.29) is 18.6 Å². The predicted molar refractivity (Wildman–Crippen MR) is 90.9 cm³/mol. The molecular weight excluding hydrogens is 360 g/mol. The summed E-state index contributed by atoms with van der Waals surface area (Å²) in [4.78, 5) is 24.8. The zero-order valence-corrected chi connectivity index (χ0v) is 15.2. The number of esters is 2. The Bertz CT molecular complexity index is 531. The van der Waals surface area contributed by atoms with E-state index in [0.717, 1.165) is 29.3 Å². The Morgan fingerprint density at radius 1 is 1.09 bits per heavy atom. The van der Waals surface area contributed by atoms with Gasteiger partial charge in [-0.1, -0.05) is 34.5 Å². The van der Waals surface area contributed by atoms with Crippen LogP contribution in [0, 0.1) is 11.3 Å². The fraction of sp³-hybridized carbons (Fsp3) is 0.556. The van der Waals surface area contributed by atoms with E-state index >= 15 is 0 Å². The topological polar surface area (TPSA) is 52.6 Å². The molecule has 4 nitrogen and oxygen atoms in total. The molecule has 0 radical (unpaired) electrons. The van der Waals surface area contributed by atoms with E-state index in [0.29, 0.717) is 6.42 Å². The zero-order valence-electron chi connectivity index (χ0n) is 13.6. The molecule has 0 atom stereocenters.